The van der Waals surface area contributed by atoms with Gasteiger partial charge >= 0.3 is 0 Å². The molecule has 26 heavy (non-hydrogen) atoms. The molecule has 0 atom stereocenters. The summed E-state index contributed by atoms with van der Waals surface area (Å²) >= 11 is 7.68. The predicted octanol–water partition coefficient (Wildman–Crippen LogP) is 3.41. The summed E-state index contributed by atoms with van der Waals surface area (Å²) in [5, 5.41) is 2.37. The molecular formula is C19H19ClN4OS. The molecule has 1 aliphatic rings. The highest BCUT2D eigenvalue weighted by Gasteiger charge is 2.20. The average molecular weight is 387 g/mol. The minimum atomic E-state index is 0.0191. The number of fused-ring (bicyclic) bond motifs is 1. The van der Waals surface area contributed by atoms with Gasteiger partial charge in [-0.05, 0) is 11.6 Å². The molecule has 1 amide bonds. The quantitative estimate of drug-likeness (QED) is 0.645. The molecule has 0 spiro atoms. The molecule has 4 rings (SSSR count). The van der Waals surface area contributed by atoms with E-state index in [0.717, 1.165) is 43.4 Å². The summed E-state index contributed by atoms with van der Waals surface area (Å²) in [6, 6.07) is 10.4. The second-order valence-corrected chi connectivity index (χ2v) is 7.49. The smallest absolute Gasteiger partial charge is 0.246 e. The van der Waals surface area contributed by atoms with Crippen molar-refractivity contribution in [2.24, 2.45) is 0 Å². The zero-order valence-electron chi connectivity index (χ0n) is 14.2. The van der Waals surface area contributed by atoms with Crippen LogP contribution >= 0.6 is 22.9 Å². The van der Waals surface area contributed by atoms with Crippen molar-refractivity contribution in [2.45, 2.75) is 6.54 Å². The second-order valence-electron chi connectivity index (χ2n) is 6.26. The Kier molecular flexibility index (Phi) is 5.06. The largest absolute Gasteiger partial charge is 0.337 e. The lowest BCUT2D eigenvalue weighted by molar-refractivity contribution is -0.127. The maximum atomic E-state index is 12.5. The van der Waals surface area contributed by atoms with E-state index < -0.39 is 0 Å². The van der Waals surface area contributed by atoms with E-state index in [1.165, 1.54) is 16.9 Å². The number of piperazine rings is 1. The normalized spacial score (nSPS) is 16.0. The minimum Gasteiger partial charge on any atom is -0.337 e. The van der Waals surface area contributed by atoms with Crippen LogP contribution in [0.2, 0.25) is 5.15 Å². The Bertz CT molecular complexity index is 926. The van der Waals surface area contributed by atoms with Crippen molar-refractivity contribution in [1.29, 1.82) is 0 Å². The number of hydrogen-bond acceptors (Lipinski definition) is 4. The molecular weight excluding hydrogens is 368 g/mol. The van der Waals surface area contributed by atoms with Crippen LogP contribution in [0.5, 0.6) is 0 Å². The summed E-state index contributed by atoms with van der Waals surface area (Å²) in [5.74, 6) is 0.0191. The highest BCUT2D eigenvalue weighted by molar-refractivity contribution is 7.15. The van der Waals surface area contributed by atoms with Crippen LogP contribution in [0.25, 0.3) is 11.0 Å². The van der Waals surface area contributed by atoms with Crippen molar-refractivity contribution in [2.75, 3.05) is 26.2 Å². The number of hydrogen-bond donors (Lipinski definition) is 0. The van der Waals surface area contributed by atoms with E-state index in [9.17, 15) is 4.79 Å². The van der Waals surface area contributed by atoms with E-state index in [-0.39, 0.29) is 5.91 Å². The number of benzene rings is 1. The number of thiazole rings is 1. The molecule has 3 heterocycles. The van der Waals surface area contributed by atoms with Gasteiger partial charge in [0.2, 0.25) is 5.91 Å². The van der Waals surface area contributed by atoms with Crippen LogP contribution < -0.4 is 0 Å². The van der Waals surface area contributed by atoms with Gasteiger partial charge in [0.1, 0.15) is 0 Å². The van der Waals surface area contributed by atoms with Gasteiger partial charge in [-0.1, -0.05) is 41.9 Å². The highest BCUT2D eigenvalue weighted by Crippen LogP contribution is 2.22. The first-order valence-electron chi connectivity index (χ1n) is 8.55. The van der Waals surface area contributed by atoms with Crippen molar-refractivity contribution in [3.8, 4) is 0 Å². The fraction of sp³-hybridized carbons (Fsp3) is 0.263. The Morgan fingerprint density at radius 1 is 1.19 bits per heavy atom. The first kappa shape index (κ1) is 17.3. The number of aromatic nitrogens is 2. The molecule has 0 bridgehead atoms. The van der Waals surface area contributed by atoms with E-state index in [2.05, 4.69) is 34.1 Å². The van der Waals surface area contributed by atoms with Crippen molar-refractivity contribution in [3.63, 3.8) is 0 Å². The van der Waals surface area contributed by atoms with Crippen molar-refractivity contribution in [3.05, 3.63) is 64.4 Å². The third-order valence-corrected chi connectivity index (χ3v) is 5.61. The van der Waals surface area contributed by atoms with Gasteiger partial charge in [0.05, 0.1) is 5.69 Å². The van der Waals surface area contributed by atoms with Gasteiger partial charge in [0.15, 0.2) is 10.1 Å². The Morgan fingerprint density at radius 2 is 1.96 bits per heavy atom. The molecule has 1 fully saturated rings. The standard InChI is InChI=1S/C19H19ClN4OS/c20-18-16(24-12-13-26-19(24)21-18)6-7-17(25)23-10-8-22(9-11-23)14-15-4-2-1-3-5-15/h1-7,12-13H,8-11,14H2/b7-6+. The van der Waals surface area contributed by atoms with Crippen LogP contribution in [0, 0.1) is 0 Å². The van der Waals surface area contributed by atoms with Gasteiger partial charge in [0.25, 0.3) is 0 Å². The molecule has 0 unspecified atom stereocenters. The highest BCUT2D eigenvalue weighted by atomic mass is 35.5. The molecule has 7 heteroatoms. The lowest BCUT2D eigenvalue weighted by Gasteiger charge is -2.34. The lowest BCUT2D eigenvalue weighted by atomic mass is 10.2. The summed E-state index contributed by atoms with van der Waals surface area (Å²) in [4.78, 5) is 21.9. The summed E-state index contributed by atoms with van der Waals surface area (Å²) in [6.07, 6.45) is 5.26. The molecule has 0 N–H and O–H groups in total. The van der Waals surface area contributed by atoms with Crippen LogP contribution in [-0.4, -0.2) is 51.3 Å². The Hall–Kier alpha value is -2.15. The zero-order valence-corrected chi connectivity index (χ0v) is 15.8. The lowest BCUT2D eigenvalue weighted by Crippen LogP contribution is -2.47. The van der Waals surface area contributed by atoms with Crippen LogP contribution in [0.3, 0.4) is 0 Å². The van der Waals surface area contributed by atoms with Gasteiger partial charge in [-0.25, -0.2) is 4.98 Å². The fourth-order valence-electron chi connectivity index (χ4n) is 3.15. The van der Waals surface area contributed by atoms with E-state index in [1.54, 1.807) is 12.2 Å². The predicted molar refractivity (Wildman–Crippen MR) is 105 cm³/mol. The maximum Gasteiger partial charge on any atom is 0.246 e. The monoisotopic (exact) mass is 386 g/mol. The summed E-state index contributed by atoms with van der Waals surface area (Å²) in [6.45, 7) is 4.18. The molecule has 134 valence electrons. The van der Waals surface area contributed by atoms with Gasteiger partial charge < -0.3 is 4.90 Å². The fourth-order valence-corrected chi connectivity index (χ4v) is 4.15. The van der Waals surface area contributed by atoms with Gasteiger partial charge in [-0.15, -0.1) is 11.3 Å². The molecule has 3 aromatic rings. The number of rotatable bonds is 4. The number of carbonyl (C=O) groups excluding carboxylic acids is 1. The Labute approximate surface area is 161 Å². The molecule has 2 aromatic heterocycles. The van der Waals surface area contributed by atoms with E-state index >= 15 is 0 Å². The maximum absolute atomic E-state index is 12.5. The van der Waals surface area contributed by atoms with Crippen LogP contribution in [0.1, 0.15) is 11.3 Å². The topological polar surface area (TPSA) is 40.9 Å². The summed E-state index contributed by atoms with van der Waals surface area (Å²) in [7, 11) is 0. The summed E-state index contributed by atoms with van der Waals surface area (Å²) < 4.78 is 1.90. The van der Waals surface area contributed by atoms with Gasteiger partial charge in [0, 0.05) is 50.4 Å². The molecule has 1 aliphatic heterocycles. The van der Waals surface area contributed by atoms with E-state index in [0.29, 0.717) is 5.15 Å². The van der Waals surface area contributed by atoms with Crippen LogP contribution in [0.15, 0.2) is 48.0 Å². The van der Waals surface area contributed by atoms with E-state index in [4.69, 9.17) is 11.6 Å². The minimum absolute atomic E-state index is 0.0191. The van der Waals surface area contributed by atoms with Gasteiger partial charge in [-0.2, -0.15) is 0 Å². The van der Waals surface area contributed by atoms with Gasteiger partial charge in [-0.3, -0.25) is 14.1 Å². The molecule has 0 radical (unpaired) electrons. The first-order chi connectivity index (χ1) is 12.7. The number of carbonyl (C=O) groups is 1. The van der Waals surface area contributed by atoms with Crippen LogP contribution in [-0.2, 0) is 11.3 Å². The van der Waals surface area contributed by atoms with Crippen molar-refractivity contribution >= 4 is 39.9 Å². The Morgan fingerprint density at radius 3 is 2.73 bits per heavy atom. The third-order valence-electron chi connectivity index (χ3n) is 4.57. The third kappa shape index (κ3) is 3.67. The molecule has 5 nitrogen and oxygen atoms in total. The van der Waals surface area contributed by atoms with Crippen molar-refractivity contribution < 1.29 is 4.79 Å². The summed E-state index contributed by atoms with van der Waals surface area (Å²) in [5.41, 5.74) is 2.06. The van der Waals surface area contributed by atoms with Crippen LogP contribution in [0.4, 0.5) is 0 Å². The Balaban J connectivity index is 1.35. The average Bonchev–Trinajstić information content (AvgIpc) is 3.22. The molecule has 1 saturated heterocycles. The molecule has 0 saturated carbocycles. The molecule has 1 aromatic carbocycles. The number of nitrogens with zero attached hydrogens (tertiary/aromatic N) is 4. The second kappa shape index (κ2) is 7.61. The SMILES string of the molecule is O=C(/C=C/c1c(Cl)nc2sccn12)N1CCN(Cc2ccccc2)CC1. The number of amides is 1. The van der Waals surface area contributed by atoms with Crippen molar-refractivity contribution in [1.82, 2.24) is 19.2 Å². The number of imidazole rings is 1. The van der Waals surface area contributed by atoms with E-state index in [1.807, 2.05) is 26.9 Å². The number of halogens is 1. The zero-order chi connectivity index (χ0) is 17.9. The molecule has 0 aliphatic carbocycles. The first-order valence-corrected chi connectivity index (χ1v) is 9.81.